The molecule has 0 bridgehead atoms. The quantitative estimate of drug-likeness (QED) is 0.741. The summed E-state index contributed by atoms with van der Waals surface area (Å²) in [5.74, 6) is -1.08. The minimum absolute atomic E-state index is 0.105. The zero-order valence-electron chi connectivity index (χ0n) is 10.0. The summed E-state index contributed by atoms with van der Waals surface area (Å²) in [5, 5.41) is 3.94. The van der Waals surface area contributed by atoms with Crippen molar-refractivity contribution in [3.63, 3.8) is 0 Å². The zero-order valence-corrected chi connectivity index (χ0v) is 10.0. The molecule has 0 atom stereocenters. The van der Waals surface area contributed by atoms with E-state index in [1.807, 2.05) is 0 Å². The first kappa shape index (κ1) is 11.8. The Morgan fingerprint density at radius 2 is 1.71 bits per heavy atom. The molecule has 0 aliphatic carbocycles. The maximum Gasteiger partial charge on any atom is 0.132 e. The van der Waals surface area contributed by atoms with Crippen LogP contribution in [0.1, 0.15) is 26.3 Å². The van der Waals surface area contributed by atoms with Gasteiger partial charge in [-0.25, -0.2) is 13.5 Å². The summed E-state index contributed by atoms with van der Waals surface area (Å²) >= 11 is 0. The molecule has 90 valence electrons. The first-order valence-corrected chi connectivity index (χ1v) is 5.39. The summed E-state index contributed by atoms with van der Waals surface area (Å²) in [4.78, 5) is 0. The van der Waals surface area contributed by atoms with Crippen molar-refractivity contribution in [3.05, 3.63) is 47.8 Å². The minimum atomic E-state index is -0.559. The summed E-state index contributed by atoms with van der Waals surface area (Å²) in [7, 11) is 0. The van der Waals surface area contributed by atoms with Gasteiger partial charge in [0.05, 0.1) is 5.69 Å². The number of benzene rings is 1. The van der Waals surface area contributed by atoms with E-state index in [-0.39, 0.29) is 5.56 Å². The SMILES string of the molecule is CC(C)(C)c1c(F)cc(-n2cccn2)cc1F. The molecule has 4 heteroatoms. The van der Waals surface area contributed by atoms with E-state index in [0.29, 0.717) is 5.69 Å². The Hall–Kier alpha value is -1.71. The van der Waals surface area contributed by atoms with Gasteiger partial charge in [-0.2, -0.15) is 5.10 Å². The number of nitrogens with zero attached hydrogens (tertiary/aromatic N) is 2. The number of rotatable bonds is 1. The van der Waals surface area contributed by atoms with Crippen molar-refractivity contribution < 1.29 is 8.78 Å². The molecule has 0 unspecified atom stereocenters. The van der Waals surface area contributed by atoms with Crippen LogP contribution in [0.2, 0.25) is 0 Å². The molecular weight excluding hydrogens is 222 g/mol. The van der Waals surface area contributed by atoms with Crippen LogP contribution in [0.25, 0.3) is 5.69 Å². The average molecular weight is 236 g/mol. The lowest BCUT2D eigenvalue weighted by atomic mass is 9.86. The molecule has 2 rings (SSSR count). The van der Waals surface area contributed by atoms with Crippen LogP contribution in [-0.2, 0) is 5.41 Å². The molecule has 0 spiro atoms. The van der Waals surface area contributed by atoms with Gasteiger partial charge in [-0.05, 0) is 11.5 Å². The van der Waals surface area contributed by atoms with E-state index in [0.717, 1.165) is 0 Å². The molecule has 1 heterocycles. The van der Waals surface area contributed by atoms with Crippen molar-refractivity contribution in [2.75, 3.05) is 0 Å². The Labute approximate surface area is 98.9 Å². The maximum absolute atomic E-state index is 13.9. The highest BCUT2D eigenvalue weighted by Gasteiger charge is 2.23. The third-order valence-electron chi connectivity index (χ3n) is 2.55. The fourth-order valence-electron chi connectivity index (χ4n) is 1.83. The van der Waals surface area contributed by atoms with Gasteiger partial charge in [0.25, 0.3) is 0 Å². The number of hydrogen-bond acceptors (Lipinski definition) is 1. The molecule has 2 nitrogen and oxygen atoms in total. The summed E-state index contributed by atoms with van der Waals surface area (Å²) in [6.45, 7) is 5.34. The highest BCUT2D eigenvalue weighted by atomic mass is 19.1. The first-order chi connectivity index (χ1) is 7.89. The highest BCUT2D eigenvalue weighted by Crippen LogP contribution is 2.29. The van der Waals surface area contributed by atoms with Crippen LogP contribution >= 0.6 is 0 Å². The second kappa shape index (κ2) is 3.95. The molecule has 0 fully saturated rings. The van der Waals surface area contributed by atoms with Gasteiger partial charge in [0.1, 0.15) is 11.6 Å². The van der Waals surface area contributed by atoms with Crippen molar-refractivity contribution in [3.8, 4) is 5.69 Å². The number of halogens is 2. The highest BCUT2D eigenvalue weighted by molar-refractivity contribution is 5.38. The molecule has 0 aliphatic heterocycles. The lowest BCUT2D eigenvalue weighted by Crippen LogP contribution is -2.17. The van der Waals surface area contributed by atoms with Crippen molar-refractivity contribution in [1.82, 2.24) is 9.78 Å². The van der Waals surface area contributed by atoms with E-state index in [2.05, 4.69) is 5.10 Å². The van der Waals surface area contributed by atoms with E-state index in [4.69, 9.17) is 0 Å². The molecule has 0 saturated carbocycles. The van der Waals surface area contributed by atoms with Gasteiger partial charge in [-0.15, -0.1) is 0 Å². The van der Waals surface area contributed by atoms with Gasteiger partial charge >= 0.3 is 0 Å². The van der Waals surface area contributed by atoms with E-state index >= 15 is 0 Å². The topological polar surface area (TPSA) is 17.8 Å². The van der Waals surface area contributed by atoms with Gasteiger partial charge in [-0.3, -0.25) is 0 Å². The fraction of sp³-hybridized carbons (Fsp3) is 0.308. The van der Waals surface area contributed by atoms with Crippen LogP contribution in [-0.4, -0.2) is 9.78 Å². The molecule has 2 aromatic rings. The maximum atomic E-state index is 13.9. The van der Waals surface area contributed by atoms with Gasteiger partial charge in [0.15, 0.2) is 0 Å². The Bertz CT molecular complexity index is 502. The Kier molecular flexibility index (Phi) is 2.73. The Morgan fingerprint density at radius 3 is 2.12 bits per heavy atom. The molecule has 0 radical (unpaired) electrons. The van der Waals surface area contributed by atoms with Crippen molar-refractivity contribution in [1.29, 1.82) is 0 Å². The molecule has 0 amide bonds. The van der Waals surface area contributed by atoms with E-state index in [9.17, 15) is 8.78 Å². The first-order valence-electron chi connectivity index (χ1n) is 5.39. The van der Waals surface area contributed by atoms with Crippen molar-refractivity contribution in [2.24, 2.45) is 0 Å². The normalized spacial score (nSPS) is 11.8. The molecule has 0 N–H and O–H groups in total. The lowest BCUT2D eigenvalue weighted by molar-refractivity contribution is 0.474. The molecule has 17 heavy (non-hydrogen) atoms. The largest absolute Gasteiger partial charge is 0.241 e. The van der Waals surface area contributed by atoms with Crippen LogP contribution in [0.15, 0.2) is 30.6 Å². The molecule has 1 aromatic carbocycles. The zero-order chi connectivity index (χ0) is 12.6. The summed E-state index contributed by atoms with van der Waals surface area (Å²) in [6.07, 6.45) is 3.21. The molecular formula is C13H14F2N2. The second-order valence-electron chi connectivity index (χ2n) is 4.99. The van der Waals surface area contributed by atoms with Gasteiger partial charge in [-0.1, -0.05) is 20.8 Å². The smallest absolute Gasteiger partial charge is 0.132 e. The average Bonchev–Trinajstić information content (AvgIpc) is 2.66. The van der Waals surface area contributed by atoms with Gasteiger partial charge in [0, 0.05) is 30.1 Å². The molecule has 0 saturated heterocycles. The van der Waals surface area contributed by atoms with E-state index in [1.54, 1.807) is 39.2 Å². The number of hydrogen-bond donors (Lipinski definition) is 0. The predicted octanol–water partition coefficient (Wildman–Crippen LogP) is 3.45. The molecule has 1 aromatic heterocycles. The number of aromatic nitrogens is 2. The fourth-order valence-corrected chi connectivity index (χ4v) is 1.83. The third kappa shape index (κ3) is 2.20. The monoisotopic (exact) mass is 236 g/mol. The van der Waals surface area contributed by atoms with Crippen LogP contribution in [0.4, 0.5) is 8.78 Å². The third-order valence-corrected chi connectivity index (χ3v) is 2.55. The Morgan fingerprint density at radius 1 is 1.12 bits per heavy atom. The van der Waals surface area contributed by atoms with Crippen LogP contribution in [0.5, 0.6) is 0 Å². The predicted molar refractivity (Wildman–Crippen MR) is 62.2 cm³/mol. The minimum Gasteiger partial charge on any atom is -0.241 e. The summed E-state index contributed by atoms with van der Waals surface area (Å²) in [5.41, 5.74) is -0.0667. The second-order valence-corrected chi connectivity index (χ2v) is 4.99. The van der Waals surface area contributed by atoms with Crippen LogP contribution in [0.3, 0.4) is 0 Å². The lowest BCUT2D eigenvalue weighted by Gasteiger charge is -2.21. The van der Waals surface area contributed by atoms with Crippen molar-refractivity contribution in [2.45, 2.75) is 26.2 Å². The summed E-state index contributed by atoms with van der Waals surface area (Å²) in [6, 6.07) is 4.31. The molecule has 0 aliphatic rings. The van der Waals surface area contributed by atoms with E-state index in [1.165, 1.54) is 16.8 Å². The summed E-state index contributed by atoms with van der Waals surface area (Å²) < 4.78 is 29.3. The standard InChI is InChI=1S/C13H14F2N2/c1-13(2,3)12-10(14)7-9(8-11(12)15)17-6-4-5-16-17/h4-8H,1-3H3. The van der Waals surface area contributed by atoms with E-state index < -0.39 is 17.0 Å². The van der Waals surface area contributed by atoms with Gasteiger partial charge < -0.3 is 0 Å². The van der Waals surface area contributed by atoms with Crippen LogP contribution in [0, 0.1) is 11.6 Å². The van der Waals surface area contributed by atoms with Crippen molar-refractivity contribution >= 4 is 0 Å². The Balaban J connectivity index is 2.57. The van der Waals surface area contributed by atoms with Crippen LogP contribution < -0.4 is 0 Å². The van der Waals surface area contributed by atoms with Gasteiger partial charge in [0.2, 0.25) is 0 Å².